The SMILES string of the molecule is O=C(NC1CCOCC1)C1COc2ccccc2C1. The number of para-hydroxylation sites is 1. The minimum absolute atomic E-state index is 0.0715. The van der Waals surface area contributed by atoms with Crippen LogP contribution in [0.2, 0.25) is 0 Å². The van der Waals surface area contributed by atoms with Crippen LogP contribution in [0.25, 0.3) is 0 Å². The Morgan fingerprint density at radius 1 is 1.21 bits per heavy atom. The lowest BCUT2D eigenvalue weighted by atomic mass is 9.95. The molecule has 2 aliphatic heterocycles. The molecule has 0 spiro atoms. The van der Waals surface area contributed by atoms with Gasteiger partial charge in [0.1, 0.15) is 12.4 Å². The van der Waals surface area contributed by atoms with Gasteiger partial charge in [0.15, 0.2) is 0 Å². The van der Waals surface area contributed by atoms with Gasteiger partial charge in [-0.15, -0.1) is 0 Å². The van der Waals surface area contributed by atoms with Crippen LogP contribution in [0.5, 0.6) is 5.75 Å². The standard InChI is InChI=1S/C15H19NO3/c17-15(16-13-5-7-18-8-6-13)12-9-11-3-1-2-4-14(11)19-10-12/h1-4,12-13H,5-10H2,(H,16,17). The zero-order valence-corrected chi connectivity index (χ0v) is 10.9. The first-order valence-corrected chi connectivity index (χ1v) is 6.92. The Kier molecular flexibility index (Phi) is 3.69. The Labute approximate surface area is 113 Å². The molecule has 1 fully saturated rings. The number of nitrogens with one attached hydrogen (secondary N) is 1. The van der Waals surface area contributed by atoms with Crippen molar-refractivity contribution in [1.29, 1.82) is 0 Å². The molecular weight excluding hydrogens is 242 g/mol. The zero-order valence-electron chi connectivity index (χ0n) is 10.9. The highest BCUT2D eigenvalue weighted by molar-refractivity contribution is 5.79. The van der Waals surface area contributed by atoms with E-state index >= 15 is 0 Å². The summed E-state index contributed by atoms with van der Waals surface area (Å²) >= 11 is 0. The van der Waals surface area contributed by atoms with E-state index in [1.54, 1.807) is 0 Å². The van der Waals surface area contributed by atoms with Crippen molar-refractivity contribution < 1.29 is 14.3 Å². The molecule has 1 N–H and O–H groups in total. The fourth-order valence-electron chi connectivity index (χ4n) is 2.66. The fraction of sp³-hybridized carbons (Fsp3) is 0.533. The third-order valence-corrected chi connectivity index (χ3v) is 3.82. The predicted molar refractivity (Wildman–Crippen MR) is 71.1 cm³/mol. The number of carbonyl (C=O) groups excluding carboxylic acids is 1. The van der Waals surface area contributed by atoms with E-state index in [9.17, 15) is 4.79 Å². The van der Waals surface area contributed by atoms with Crippen LogP contribution in [-0.4, -0.2) is 31.8 Å². The van der Waals surface area contributed by atoms with Gasteiger partial charge >= 0.3 is 0 Å². The average molecular weight is 261 g/mol. The topological polar surface area (TPSA) is 47.6 Å². The first-order valence-electron chi connectivity index (χ1n) is 6.92. The number of amides is 1. The molecule has 1 amide bonds. The molecule has 1 aromatic carbocycles. The van der Waals surface area contributed by atoms with E-state index < -0.39 is 0 Å². The fourth-order valence-corrected chi connectivity index (χ4v) is 2.66. The minimum atomic E-state index is -0.0715. The number of hydrogen-bond donors (Lipinski definition) is 1. The first-order chi connectivity index (χ1) is 9.33. The molecule has 19 heavy (non-hydrogen) atoms. The molecule has 0 radical (unpaired) electrons. The predicted octanol–water partition coefficient (Wildman–Crippen LogP) is 1.53. The lowest BCUT2D eigenvalue weighted by molar-refractivity contribution is -0.127. The molecule has 2 heterocycles. The number of ether oxygens (including phenoxy) is 2. The van der Waals surface area contributed by atoms with Crippen molar-refractivity contribution in [2.45, 2.75) is 25.3 Å². The van der Waals surface area contributed by atoms with Gasteiger partial charge in [-0.3, -0.25) is 4.79 Å². The van der Waals surface area contributed by atoms with Crippen LogP contribution >= 0.6 is 0 Å². The second-order valence-electron chi connectivity index (χ2n) is 5.22. The number of hydrogen-bond acceptors (Lipinski definition) is 3. The van der Waals surface area contributed by atoms with E-state index in [1.807, 2.05) is 24.3 Å². The van der Waals surface area contributed by atoms with Crippen LogP contribution < -0.4 is 10.1 Å². The van der Waals surface area contributed by atoms with Gasteiger partial charge in [-0.1, -0.05) is 18.2 Å². The summed E-state index contributed by atoms with van der Waals surface area (Å²) in [6.45, 7) is 1.97. The first kappa shape index (κ1) is 12.5. The summed E-state index contributed by atoms with van der Waals surface area (Å²) in [6, 6.07) is 8.20. The molecule has 0 bridgehead atoms. The van der Waals surface area contributed by atoms with Crippen molar-refractivity contribution in [3.05, 3.63) is 29.8 Å². The Morgan fingerprint density at radius 2 is 2.00 bits per heavy atom. The third-order valence-electron chi connectivity index (χ3n) is 3.82. The van der Waals surface area contributed by atoms with Crippen molar-refractivity contribution in [2.24, 2.45) is 5.92 Å². The third kappa shape index (κ3) is 2.89. The van der Waals surface area contributed by atoms with E-state index in [1.165, 1.54) is 0 Å². The smallest absolute Gasteiger partial charge is 0.227 e. The molecular formula is C15H19NO3. The zero-order chi connectivity index (χ0) is 13.1. The number of carbonyl (C=O) groups is 1. The quantitative estimate of drug-likeness (QED) is 0.878. The number of fused-ring (bicyclic) bond motifs is 1. The Bertz CT molecular complexity index is 454. The summed E-state index contributed by atoms with van der Waals surface area (Å²) < 4.78 is 11.0. The molecule has 0 saturated carbocycles. The molecule has 2 aliphatic rings. The van der Waals surface area contributed by atoms with Crippen LogP contribution in [0, 0.1) is 5.92 Å². The van der Waals surface area contributed by atoms with Crippen LogP contribution in [0.15, 0.2) is 24.3 Å². The molecule has 1 aromatic rings. The molecule has 3 rings (SSSR count). The maximum atomic E-state index is 12.2. The minimum Gasteiger partial charge on any atom is -0.492 e. The summed E-state index contributed by atoms with van der Waals surface area (Å²) in [4.78, 5) is 12.2. The summed E-state index contributed by atoms with van der Waals surface area (Å²) in [7, 11) is 0. The van der Waals surface area contributed by atoms with Crippen molar-refractivity contribution in [3.63, 3.8) is 0 Å². The van der Waals surface area contributed by atoms with Gasteiger partial charge in [0.2, 0.25) is 5.91 Å². The van der Waals surface area contributed by atoms with E-state index in [0.717, 1.165) is 43.8 Å². The molecule has 0 aromatic heterocycles. The van der Waals surface area contributed by atoms with Crippen LogP contribution in [0.4, 0.5) is 0 Å². The molecule has 1 atom stereocenters. The summed E-state index contributed by atoms with van der Waals surface area (Å²) in [6.07, 6.45) is 2.59. The van der Waals surface area contributed by atoms with Gasteiger partial charge in [-0.2, -0.15) is 0 Å². The van der Waals surface area contributed by atoms with Crippen molar-refractivity contribution in [1.82, 2.24) is 5.32 Å². The van der Waals surface area contributed by atoms with Crippen molar-refractivity contribution in [3.8, 4) is 5.75 Å². The molecule has 1 saturated heterocycles. The number of rotatable bonds is 2. The summed E-state index contributed by atoms with van der Waals surface area (Å²) in [5.74, 6) is 0.955. The highest BCUT2D eigenvalue weighted by Gasteiger charge is 2.27. The van der Waals surface area contributed by atoms with Crippen LogP contribution in [0.1, 0.15) is 18.4 Å². The second-order valence-corrected chi connectivity index (χ2v) is 5.22. The van der Waals surface area contributed by atoms with Crippen molar-refractivity contribution in [2.75, 3.05) is 19.8 Å². The van der Waals surface area contributed by atoms with Crippen LogP contribution in [-0.2, 0) is 16.0 Å². The maximum absolute atomic E-state index is 12.2. The highest BCUT2D eigenvalue weighted by atomic mass is 16.5. The number of benzene rings is 1. The molecule has 0 aliphatic carbocycles. The van der Waals surface area contributed by atoms with Gasteiger partial charge in [-0.25, -0.2) is 0 Å². The lowest BCUT2D eigenvalue weighted by Gasteiger charge is -2.28. The average Bonchev–Trinajstić information content (AvgIpc) is 2.48. The second kappa shape index (κ2) is 5.61. The molecule has 4 heteroatoms. The van der Waals surface area contributed by atoms with Crippen LogP contribution in [0.3, 0.4) is 0 Å². The van der Waals surface area contributed by atoms with Gasteiger partial charge in [0.05, 0.1) is 5.92 Å². The monoisotopic (exact) mass is 261 g/mol. The Balaban J connectivity index is 1.59. The Morgan fingerprint density at radius 3 is 2.84 bits per heavy atom. The van der Waals surface area contributed by atoms with Gasteiger partial charge < -0.3 is 14.8 Å². The maximum Gasteiger partial charge on any atom is 0.227 e. The highest BCUT2D eigenvalue weighted by Crippen LogP contribution is 2.27. The summed E-state index contributed by atoms with van der Waals surface area (Å²) in [5.41, 5.74) is 1.13. The van der Waals surface area contributed by atoms with E-state index in [2.05, 4.69) is 5.32 Å². The van der Waals surface area contributed by atoms with E-state index in [-0.39, 0.29) is 17.9 Å². The molecule has 1 unspecified atom stereocenters. The molecule has 4 nitrogen and oxygen atoms in total. The van der Waals surface area contributed by atoms with Gasteiger partial charge in [-0.05, 0) is 30.9 Å². The summed E-state index contributed by atoms with van der Waals surface area (Å²) in [5, 5.41) is 3.12. The van der Waals surface area contributed by atoms with E-state index in [0.29, 0.717) is 6.61 Å². The molecule has 102 valence electrons. The van der Waals surface area contributed by atoms with Gasteiger partial charge in [0.25, 0.3) is 0 Å². The lowest BCUT2D eigenvalue weighted by Crippen LogP contribution is -2.44. The largest absolute Gasteiger partial charge is 0.492 e. The normalized spacial score (nSPS) is 23.3. The van der Waals surface area contributed by atoms with E-state index in [4.69, 9.17) is 9.47 Å². The Hall–Kier alpha value is -1.55. The van der Waals surface area contributed by atoms with Gasteiger partial charge in [0, 0.05) is 19.3 Å². The van der Waals surface area contributed by atoms with Crippen molar-refractivity contribution >= 4 is 5.91 Å².